The van der Waals surface area contributed by atoms with Gasteiger partial charge in [-0.1, -0.05) is 0 Å². The van der Waals surface area contributed by atoms with Crippen molar-refractivity contribution in [1.29, 1.82) is 0 Å². The standard InChI is InChI=1S/C7H8N2O3S/c10-5-2-4(8-5)9-6(11)1-3(13)7(9)12/h3-4,13H,1-2H2,(H,8,10)/t3?,4-/m1/s1. The molecule has 0 saturated carbocycles. The molecular formula is C7H8N2O3S. The lowest BCUT2D eigenvalue weighted by Gasteiger charge is -2.33. The number of β-lactam (4-membered cyclic amide) rings is 1. The average molecular weight is 200 g/mol. The van der Waals surface area contributed by atoms with Crippen molar-refractivity contribution in [3.8, 4) is 0 Å². The summed E-state index contributed by atoms with van der Waals surface area (Å²) in [6.45, 7) is 0. The van der Waals surface area contributed by atoms with Gasteiger partial charge in [0.25, 0.3) is 0 Å². The van der Waals surface area contributed by atoms with Crippen LogP contribution in [-0.4, -0.2) is 34.0 Å². The SMILES string of the molecule is O=C1C[C@@H](N2C(=O)CC(S)C2=O)N1. The fourth-order valence-electron chi connectivity index (χ4n) is 1.46. The van der Waals surface area contributed by atoms with Crippen LogP contribution in [0.5, 0.6) is 0 Å². The fraction of sp³-hybridized carbons (Fsp3) is 0.571. The number of amides is 3. The third-order valence-corrected chi connectivity index (χ3v) is 2.58. The highest BCUT2D eigenvalue weighted by Gasteiger charge is 2.44. The van der Waals surface area contributed by atoms with Gasteiger partial charge in [0.15, 0.2) is 0 Å². The summed E-state index contributed by atoms with van der Waals surface area (Å²) in [5.41, 5.74) is 0. The third kappa shape index (κ3) is 1.21. The van der Waals surface area contributed by atoms with E-state index in [1.165, 1.54) is 0 Å². The Morgan fingerprint density at radius 1 is 1.31 bits per heavy atom. The molecule has 2 fully saturated rings. The van der Waals surface area contributed by atoms with Crippen LogP contribution >= 0.6 is 12.6 Å². The molecule has 0 aromatic carbocycles. The maximum atomic E-state index is 11.3. The van der Waals surface area contributed by atoms with E-state index in [-0.39, 0.29) is 30.6 Å². The Morgan fingerprint density at radius 3 is 2.31 bits per heavy atom. The van der Waals surface area contributed by atoms with Crippen LogP contribution in [-0.2, 0) is 14.4 Å². The topological polar surface area (TPSA) is 66.5 Å². The molecule has 2 aliphatic rings. The summed E-state index contributed by atoms with van der Waals surface area (Å²) < 4.78 is 0. The zero-order valence-corrected chi connectivity index (χ0v) is 7.58. The first-order valence-corrected chi connectivity index (χ1v) is 4.44. The molecule has 5 nitrogen and oxygen atoms in total. The van der Waals surface area contributed by atoms with E-state index in [0.29, 0.717) is 0 Å². The Labute approximate surface area is 79.9 Å². The van der Waals surface area contributed by atoms with Gasteiger partial charge in [0, 0.05) is 6.42 Å². The quantitative estimate of drug-likeness (QED) is 0.320. The number of carbonyl (C=O) groups excluding carboxylic acids is 3. The second-order valence-electron chi connectivity index (χ2n) is 3.11. The number of imide groups is 1. The van der Waals surface area contributed by atoms with Gasteiger partial charge in [-0.3, -0.25) is 19.3 Å². The zero-order valence-electron chi connectivity index (χ0n) is 6.69. The van der Waals surface area contributed by atoms with Crippen molar-refractivity contribution < 1.29 is 14.4 Å². The molecule has 6 heteroatoms. The lowest BCUT2D eigenvalue weighted by atomic mass is 10.2. The van der Waals surface area contributed by atoms with Crippen LogP contribution in [0.4, 0.5) is 0 Å². The van der Waals surface area contributed by atoms with Gasteiger partial charge in [-0.25, -0.2) is 0 Å². The minimum absolute atomic E-state index is 0.131. The number of rotatable bonds is 1. The predicted octanol–water partition coefficient (Wildman–Crippen LogP) is -1.11. The van der Waals surface area contributed by atoms with Gasteiger partial charge >= 0.3 is 0 Å². The van der Waals surface area contributed by atoms with Crippen molar-refractivity contribution in [2.75, 3.05) is 0 Å². The third-order valence-electron chi connectivity index (χ3n) is 2.18. The number of hydrogen-bond acceptors (Lipinski definition) is 4. The number of likely N-dealkylation sites (tertiary alicyclic amines) is 1. The second kappa shape index (κ2) is 2.73. The summed E-state index contributed by atoms with van der Waals surface area (Å²) in [5.74, 6) is -0.693. The number of nitrogens with zero attached hydrogens (tertiary/aromatic N) is 1. The molecule has 0 radical (unpaired) electrons. The van der Waals surface area contributed by atoms with Gasteiger partial charge in [-0.2, -0.15) is 12.6 Å². The molecule has 13 heavy (non-hydrogen) atoms. The number of carbonyl (C=O) groups is 3. The van der Waals surface area contributed by atoms with Crippen molar-refractivity contribution in [3.05, 3.63) is 0 Å². The van der Waals surface area contributed by atoms with E-state index in [1.807, 2.05) is 0 Å². The van der Waals surface area contributed by atoms with Crippen molar-refractivity contribution in [1.82, 2.24) is 10.2 Å². The van der Waals surface area contributed by atoms with E-state index >= 15 is 0 Å². The van der Waals surface area contributed by atoms with E-state index in [9.17, 15) is 14.4 Å². The van der Waals surface area contributed by atoms with E-state index in [1.54, 1.807) is 0 Å². The number of hydrogen-bond donors (Lipinski definition) is 2. The van der Waals surface area contributed by atoms with Crippen LogP contribution in [0.15, 0.2) is 0 Å². The Hall–Kier alpha value is -1.04. The molecule has 0 aliphatic carbocycles. The monoisotopic (exact) mass is 200 g/mol. The van der Waals surface area contributed by atoms with E-state index in [0.717, 1.165) is 4.90 Å². The van der Waals surface area contributed by atoms with Gasteiger partial charge in [0.05, 0.1) is 11.7 Å². The van der Waals surface area contributed by atoms with Crippen LogP contribution in [0.2, 0.25) is 0 Å². The summed E-state index contributed by atoms with van der Waals surface area (Å²) in [6, 6.07) is 0. The largest absolute Gasteiger partial charge is 0.335 e. The van der Waals surface area contributed by atoms with Gasteiger partial charge in [-0.15, -0.1) is 0 Å². The molecule has 2 heterocycles. The van der Waals surface area contributed by atoms with Crippen LogP contribution < -0.4 is 5.32 Å². The maximum Gasteiger partial charge on any atom is 0.244 e. The van der Waals surface area contributed by atoms with Crippen LogP contribution in [0, 0.1) is 0 Å². The molecule has 70 valence electrons. The molecule has 0 aromatic heterocycles. The van der Waals surface area contributed by atoms with Crippen molar-refractivity contribution in [2.24, 2.45) is 0 Å². The molecule has 0 spiro atoms. The molecule has 2 rings (SSSR count). The first kappa shape index (κ1) is 8.55. The van der Waals surface area contributed by atoms with Gasteiger partial charge < -0.3 is 5.32 Å². The lowest BCUT2D eigenvalue weighted by Crippen LogP contribution is -2.60. The summed E-state index contributed by atoms with van der Waals surface area (Å²) in [6.07, 6.45) is -0.0728. The molecule has 1 N–H and O–H groups in total. The van der Waals surface area contributed by atoms with Crippen LogP contribution in [0.25, 0.3) is 0 Å². The molecule has 0 bridgehead atoms. The summed E-state index contributed by atoms with van der Waals surface area (Å²) in [5, 5.41) is 1.94. The minimum atomic E-state index is -0.537. The van der Waals surface area contributed by atoms with E-state index in [2.05, 4.69) is 17.9 Å². The molecular weight excluding hydrogens is 192 g/mol. The molecule has 2 aliphatic heterocycles. The highest BCUT2D eigenvalue weighted by molar-refractivity contribution is 7.81. The summed E-state index contributed by atoms with van der Waals surface area (Å²) in [4.78, 5) is 34.3. The summed E-state index contributed by atoms with van der Waals surface area (Å²) in [7, 11) is 0. The number of thiol groups is 1. The Morgan fingerprint density at radius 2 is 1.92 bits per heavy atom. The van der Waals surface area contributed by atoms with E-state index in [4.69, 9.17) is 0 Å². The molecule has 2 saturated heterocycles. The van der Waals surface area contributed by atoms with Crippen molar-refractivity contribution >= 4 is 30.4 Å². The molecule has 3 amide bonds. The van der Waals surface area contributed by atoms with Gasteiger partial charge in [0.1, 0.15) is 6.17 Å². The first-order chi connectivity index (χ1) is 6.09. The Kier molecular flexibility index (Phi) is 1.80. The first-order valence-electron chi connectivity index (χ1n) is 3.93. The Bertz CT molecular complexity index is 296. The maximum absolute atomic E-state index is 11.3. The normalized spacial score (nSPS) is 33.3. The lowest BCUT2D eigenvalue weighted by molar-refractivity contribution is -0.148. The smallest absolute Gasteiger partial charge is 0.244 e. The van der Waals surface area contributed by atoms with Crippen molar-refractivity contribution in [2.45, 2.75) is 24.3 Å². The van der Waals surface area contributed by atoms with Gasteiger partial charge in [-0.05, 0) is 0 Å². The molecule has 1 unspecified atom stereocenters. The molecule has 0 aromatic rings. The van der Waals surface area contributed by atoms with E-state index < -0.39 is 11.4 Å². The van der Waals surface area contributed by atoms with Crippen LogP contribution in [0.1, 0.15) is 12.8 Å². The fourth-order valence-corrected chi connectivity index (χ4v) is 1.74. The Balaban J connectivity index is 2.10. The zero-order chi connectivity index (χ0) is 9.59. The highest BCUT2D eigenvalue weighted by atomic mass is 32.1. The predicted molar refractivity (Wildman–Crippen MR) is 45.8 cm³/mol. The highest BCUT2D eigenvalue weighted by Crippen LogP contribution is 2.23. The molecule has 2 atom stereocenters. The second-order valence-corrected chi connectivity index (χ2v) is 3.73. The minimum Gasteiger partial charge on any atom is -0.335 e. The van der Waals surface area contributed by atoms with Crippen molar-refractivity contribution in [3.63, 3.8) is 0 Å². The number of nitrogens with one attached hydrogen (secondary N) is 1. The van der Waals surface area contributed by atoms with Crippen LogP contribution in [0.3, 0.4) is 0 Å². The summed E-state index contributed by atoms with van der Waals surface area (Å²) >= 11 is 3.96. The average Bonchev–Trinajstić information content (AvgIpc) is 2.22. The van der Waals surface area contributed by atoms with Gasteiger partial charge in [0.2, 0.25) is 17.7 Å².